The van der Waals surface area contributed by atoms with Crippen molar-refractivity contribution in [1.29, 1.82) is 0 Å². The highest BCUT2D eigenvalue weighted by molar-refractivity contribution is 4.74. The second-order valence-electron chi connectivity index (χ2n) is 4.87. The number of hydrogen-bond acceptors (Lipinski definition) is 4. The predicted octanol–water partition coefficient (Wildman–Crippen LogP) is 1.50. The molecule has 0 radical (unpaired) electrons. The van der Waals surface area contributed by atoms with E-state index >= 15 is 0 Å². The van der Waals surface area contributed by atoms with Gasteiger partial charge in [0.2, 0.25) is 0 Å². The van der Waals surface area contributed by atoms with E-state index in [-0.39, 0.29) is 0 Å². The number of nitrogens with one attached hydrogen (secondary N) is 1. The zero-order valence-electron chi connectivity index (χ0n) is 12.3. The van der Waals surface area contributed by atoms with Gasteiger partial charge in [0.25, 0.3) is 0 Å². The fourth-order valence-corrected chi connectivity index (χ4v) is 2.31. The van der Waals surface area contributed by atoms with E-state index < -0.39 is 0 Å². The summed E-state index contributed by atoms with van der Waals surface area (Å²) in [5.41, 5.74) is 0. The molecule has 0 aromatic rings. The largest absolute Gasteiger partial charge is 0.377 e. The quantitative estimate of drug-likeness (QED) is 0.602. The molecule has 1 N–H and O–H groups in total. The lowest BCUT2D eigenvalue weighted by Gasteiger charge is -2.19. The Bertz CT molecular complexity index is 198. The topological polar surface area (TPSA) is 33.7 Å². The summed E-state index contributed by atoms with van der Waals surface area (Å²) in [6, 6.07) is 0. The molecule has 0 saturated carbocycles. The molecule has 4 nitrogen and oxygen atoms in total. The highest BCUT2D eigenvalue weighted by Gasteiger charge is 2.24. The standard InChI is InChI=1S/C14H30N2O2/c1-4-15-11-13-7-8-14(18-13)12-17-10-9-16(5-2)6-3/h13-15H,4-12H2,1-3H3. The molecular weight excluding hydrogens is 228 g/mol. The fourth-order valence-electron chi connectivity index (χ4n) is 2.31. The normalized spacial score (nSPS) is 24.0. The lowest BCUT2D eigenvalue weighted by Crippen LogP contribution is -2.29. The number of hydrogen-bond donors (Lipinski definition) is 1. The average Bonchev–Trinajstić information content (AvgIpc) is 2.84. The molecule has 2 unspecified atom stereocenters. The Balaban J connectivity index is 2.00. The zero-order chi connectivity index (χ0) is 13.2. The van der Waals surface area contributed by atoms with Crippen LogP contribution in [0.25, 0.3) is 0 Å². The first-order valence-electron chi connectivity index (χ1n) is 7.46. The molecule has 0 bridgehead atoms. The van der Waals surface area contributed by atoms with Crippen molar-refractivity contribution in [3.63, 3.8) is 0 Å². The van der Waals surface area contributed by atoms with Crippen molar-refractivity contribution >= 4 is 0 Å². The van der Waals surface area contributed by atoms with Crippen LogP contribution in [0, 0.1) is 0 Å². The molecule has 1 fully saturated rings. The Labute approximate surface area is 112 Å². The number of ether oxygens (including phenoxy) is 2. The maximum Gasteiger partial charge on any atom is 0.0813 e. The molecule has 0 aromatic carbocycles. The SMILES string of the molecule is CCNCC1CCC(COCCN(CC)CC)O1. The van der Waals surface area contributed by atoms with Crippen LogP contribution in [0.3, 0.4) is 0 Å². The average molecular weight is 258 g/mol. The highest BCUT2D eigenvalue weighted by Crippen LogP contribution is 2.19. The van der Waals surface area contributed by atoms with Gasteiger partial charge >= 0.3 is 0 Å². The summed E-state index contributed by atoms with van der Waals surface area (Å²) >= 11 is 0. The molecule has 0 aromatic heterocycles. The predicted molar refractivity (Wildman–Crippen MR) is 75.0 cm³/mol. The molecule has 0 spiro atoms. The molecule has 4 heteroatoms. The van der Waals surface area contributed by atoms with Gasteiger partial charge in [0, 0.05) is 13.1 Å². The van der Waals surface area contributed by atoms with Gasteiger partial charge in [0.1, 0.15) is 0 Å². The van der Waals surface area contributed by atoms with Crippen LogP contribution in [0.2, 0.25) is 0 Å². The highest BCUT2D eigenvalue weighted by atomic mass is 16.5. The number of rotatable bonds is 10. The molecule has 1 rings (SSSR count). The summed E-state index contributed by atoms with van der Waals surface area (Å²) in [7, 11) is 0. The summed E-state index contributed by atoms with van der Waals surface area (Å²) in [6.45, 7) is 13.3. The molecule has 1 heterocycles. The van der Waals surface area contributed by atoms with Gasteiger partial charge in [-0.15, -0.1) is 0 Å². The van der Waals surface area contributed by atoms with E-state index in [0.29, 0.717) is 12.2 Å². The second-order valence-corrected chi connectivity index (χ2v) is 4.87. The second kappa shape index (κ2) is 9.73. The number of likely N-dealkylation sites (N-methyl/N-ethyl adjacent to an activating group) is 2. The van der Waals surface area contributed by atoms with Crippen molar-refractivity contribution in [2.75, 3.05) is 45.9 Å². The van der Waals surface area contributed by atoms with Crippen LogP contribution in [0.4, 0.5) is 0 Å². The van der Waals surface area contributed by atoms with Gasteiger partial charge in [-0.2, -0.15) is 0 Å². The Kier molecular flexibility index (Phi) is 8.59. The first kappa shape index (κ1) is 15.9. The van der Waals surface area contributed by atoms with Crippen LogP contribution in [-0.4, -0.2) is 63.0 Å². The minimum absolute atomic E-state index is 0.311. The molecule has 1 aliphatic rings. The van der Waals surface area contributed by atoms with E-state index in [0.717, 1.165) is 58.8 Å². The Morgan fingerprint density at radius 1 is 1.17 bits per heavy atom. The van der Waals surface area contributed by atoms with E-state index in [1.54, 1.807) is 0 Å². The van der Waals surface area contributed by atoms with Gasteiger partial charge < -0.3 is 19.7 Å². The summed E-state index contributed by atoms with van der Waals surface area (Å²) in [6.07, 6.45) is 3.00. The molecule has 1 aliphatic heterocycles. The van der Waals surface area contributed by atoms with E-state index in [1.807, 2.05) is 0 Å². The molecule has 0 amide bonds. The van der Waals surface area contributed by atoms with Crippen LogP contribution in [0.15, 0.2) is 0 Å². The van der Waals surface area contributed by atoms with Crippen LogP contribution < -0.4 is 5.32 Å². The van der Waals surface area contributed by atoms with Crippen molar-refractivity contribution in [2.45, 2.75) is 45.8 Å². The Morgan fingerprint density at radius 3 is 2.56 bits per heavy atom. The van der Waals surface area contributed by atoms with Gasteiger partial charge in [-0.3, -0.25) is 0 Å². The summed E-state index contributed by atoms with van der Waals surface area (Å²) < 4.78 is 11.6. The minimum atomic E-state index is 0.311. The van der Waals surface area contributed by atoms with E-state index in [9.17, 15) is 0 Å². The molecule has 108 valence electrons. The van der Waals surface area contributed by atoms with Crippen molar-refractivity contribution in [2.24, 2.45) is 0 Å². The summed E-state index contributed by atoms with van der Waals surface area (Å²) in [5.74, 6) is 0. The first-order valence-corrected chi connectivity index (χ1v) is 7.46. The first-order chi connectivity index (χ1) is 8.80. The Morgan fingerprint density at radius 2 is 1.89 bits per heavy atom. The van der Waals surface area contributed by atoms with E-state index in [2.05, 4.69) is 31.0 Å². The summed E-state index contributed by atoms with van der Waals surface area (Å²) in [5, 5.41) is 3.34. The number of nitrogens with zero attached hydrogens (tertiary/aromatic N) is 1. The third-order valence-corrected chi connectivity index (χ3v) is 3.57. The smallest absolute Gasteiger partial charge is 0.0813 e. The van der Waals surface area contributed by atoms with Gasteiger partial charge in [-0.05, 0) is 32.5 Å². The van der Waals surface area contributed by atoms with Crippen LogP contribution >= 0.6 is 0 Å². The van der Waals surface area contributed by atoms with Gasteiger partial charge in [-0.25, -0.2) is 0 Å². The lowest BCUT2D eigenvalue weighted by atomic mass is 10.2. The van der Waals surface area contributed by atoms with Crippen LogP contribution in [0.1, 0.15) is 33.6 Å². The molecule has 0 aliphatic carbocycles. The molecule has 2 atom stereocenters. The monoisotopic (exact) mass is 258 g/mol. The third kappa shape index (κ3) is 6.14. The van der Waals surface area contributed by atoms with E-state index in [4.69, 9.17) is 9.47 Å². The van der Waals surface area contributed by atoms with Gasteiger partial charge in [-0.1, -0.05) is 20.8 Å². The molecule has 1 saturated heterocycles. The van der Waals surface area contributed by atoms with Crippen LogP contribution in [0.5, 0.6) is 0 Å². The Hall–Kier alpha value is -0.160. The van der Waals surface area contributed by atoms with Crippen LogP contribution in [-0.2, 0) is 9.47 Å². The van der Waals surface area contributed by atoms with Crippen molar-refractivity contribution in [3.05, 3.63) is 0 Å². The minimum Gasteiger partial charge on any atom is -0.377 e. The molecule has 18 heavy (non-hydrogen) atoms. The lowest BCUT2D eigenvalue weighted by molar-refractivity contribution is -0.0176. The fraction of sp³-hybridized carbons (Fsp3) is 1.00. The van der Waals surface area contributed by atoms with Crippen molar-refractivity contribution in [1.82, 2.24) is 10.2 Å². The van der Waals surface area contributed by atoms with Gasteiger partial charge in [0.05, 0.1) is 25.4 Å². The van der Waals surface area contributed by atoms with E-state index in [1.165, 1.54) is 0 Å². The maximum atomic E-state index is 5.92. The van der Waals surface area contributed by atoms with Gasteiger partial charge in [0.15, 0.2) is 0 Å². The van der Waals surface area contributed by atoms with Crippen molar-refractivity contribution < 1.29 is 9.47 Å². The van der Waals surface area contributed by atoms with Crippen molar-refractivity contribution in [3.8, 4) is 0 Å². The summed E-state index contributed by atoms with van der Waals surface area (Å²) in [4.78, 5) is 2.38. The third-order valence-electron chi connectivity index (χ3n) is 3.57. The zero-order valence-corrected chi connectivity index (χ0v) is 12.3. The maximum absolute atomic E-state index is 5.92. The molecular formula is C14H30N2O2.